The van der Waals surface area contributed by atoms with Crippen LogP contribution in [0.5, 0.6) is 0 Å². The van der Waals surface area contributed by atoms with Crippen LogP contribution in [0.25, 0.3) is 5.69 Å². The molecule has 1 aromatic carbocycles. The predicted molar refractivity (Wildman–Crippen MR) is 72.0 cm³/mol. The van der Waals surface area contributed by atoms with Crippen molar-refractivity contribution in [3.05, 3.63) is 47.5 Å². The molecule has 0 radical (unpaired) electrons. The quantitative estimate of drug-likeness (QED) is 0.493. The minimum Gasteiger partial charge on any atom is -0.369 e. The van der Waals surface area contributed by atoms with Crippen molar-refractivity contribution in [3.63, 3.8) is 0 Å². The van der Waals surface area contributed by atoms with Gasteiger partial charge in [-0.2, -0.15) is 5.10 Å². The first-order valence-corrected chi connectivity index (χ1v) is 5.44. The van der Waals surface area contributed by atoms with Crippen molar-refractivity contribution in [1.82, 2.24) is 9.55 Å². The van der Waals surface area contributed by atoms with Crippen molar-refractivity contribution in [2.75, 3.05) is 0 Å². The van der Waals surface area contributed by atoms with E-state index in [2.05, 4.69) is 15.2 Å². The Labute approximate surface area is 109 Å². The lowest BCUT2D eigenvalue weighted by molar-refractivity contribution is 1.06. The molecule has 0 aliphatic rings. The van der Waals surface area contributed by atoms with Gasteiger partial charge >= 0.3 is 0 Å². The first kappa shape index (κ1) is 12.1. The molecule has 0 spiro atoms. The van der Waals surface area contributed by atoms with Gasteiger partial charge in [-0.05, 0) is 17.7 Å². The molecule has 0 aliphatic carbocycles. The van der Waals surface area contributed by atoms with Crippen molar-refractivity contribution in [2.45, 2.75) is 0 Å². The molecule has 7 heteroatoms. The van der Waals surface area contributed by atoms with Gasteiger partial charge in [-0.15, -0.1) is 5.10 Å². The molecule has 0 saturated heterocycles. The second kappa shape index (κ2) is 5.33. The van der Waals surface area contributed by atoms with E-state index < -0.39 is 0 Å². The fourth-order valence-corrected chi connectivity index (χ4v) is 1.66. The maximum Gasteiger partial charge on any atom is 0.211 e. The van der Waals surface area contributed by atoms with Crippen LogP contribution in [0.4, 0.5) is 0 Å². The number of nitrogens with zero attached hydrogens (tertiary/aromatic N) is 4. The SMILES string of the molecule is NC(N)=NN=Cc1ccc(-n2ccnc2)c(Cl)c1. The van der Waals surface area contributed by atoms with Crippen LogP contribution in [-0.4, -0.2) is 21.7 Å². The fraction of sp³-hybridized carbons (Fsp3) is 0. The van der Waals surface area contributed by atoms with Gasteiger partial charge in [0.05, 0.1) is 23.3 Å². The van der Waals surface area contributed by atoms with E-state index in [4.69, 9.17) is 23.1 Å². The summed E-state index contributed by atoms with van der Waals surface area (Å²) < 4.78 is 1.82. The average molecular weight is 263 g/mol. The van der Waals surface area contributed by atoms with Crippen molar-refractivity contribution >= 4 is 23.8 Å². The van der Waals surface area contributed by atoms with Crippen LogP contribution in [-0.2, 0) is 0 Å². The average Bonchev–Trinajstić information content (AvgIpc) is 2.82. The highest BCUT2D eigenvalue weighted by molar-refractivity contribution is 6.32. The van der Waals surface area contributed by atoms with E-state index in [0.717, 1.165) is 11.3 Å². The minimum atomic E-state index is -0.0904. The van der Waals surface area contributed by atoms with Gasteiger partial charge in [-0.25, -0.2) is 4.98 Å². The summed E-state index contributed by atoms with van der Waals surface area (Å²) in [6, 6.07) is 5.48. The Morgan fingerprint density at radius 3 is 2.83 bits per heavy atom. The number of guanidine groups is 1. The summed E-state index contributed by atoms with van der Waals surface area (Å²) in [5, 5.41) is 7.80. The van der Waals surface area contributed by atoms with Gasteiger partial charge in [0.2, 0.25) is 5.96 Å². The first-order chi connectivity index (χ1) is 8.66. The zero-order valence-corrected chi connectivity index (χ0v) is 10.1. The third-order valence-corrected chi connectivity index (χ3v) is 2.44. The molecule has 1 aromatic heterocycles. The van der Waals surface area contributed by atoms with E-state index in [1.54, 1.807) is 18.6 Å². The predicted octanol–water partition coefficient (Wildman–Crippen LogP) is 1.13. The number of hydrogen-bond donors (Lipinski definition) is 2. The largest absolute Gasteiger partial charge is 0.369 e. The van der Waals surface area contributed by atoms with Gasteiger partial charge in [0, 0.05) is 12.4 Å². The Kier molecular flexibility index (Phi) is 3.59. The number of hydrogen-bond acceptors (Lipinski definition) is 3. The molecule has 0 bridgehead atoms. The molecule has 0 fully saturated rings. The lowest BCUT2D eigenvalue weighted by Crippen LogP contribution is -2.21. The van der Waals surface area contributed by atoms with Gasteiger partial charge in [-0.3, -0.25) is 0 Å². The number of rotatable bonds is 3. The topological polar surface area (TPSA) is 94.6 Å². The van der Waals surface area contributed by atoms with E-state index in [0.29, 0.717) is 5.02 Å². The Morgan fingerprint density at radius 2 is 2.22 bits per heavy atom. The number of aromatic nitrogens is 2. The second-order valence-corrected chi connectivity index (χ2v) is 3.86. The Morgan fingerprint density at radius 1 is 1.39 bits per heavy atom. The van der Waals surface area contributed by atoms with Gasteiger partial charge in [-0.1, -0.05) is 17.7 Å². The van der Waals surface area contributed by atoms with Crippen molar-refractivity contribution in [1.29, 1.82) is 0 Å². The van der Waals surface area contributed by atoms with Crippen LogP contribution < -0.4 is 11.5 Å². The van der Waals surface area contributed by atoms with Crippen LogP contribution >= 0.6 is 11.6 Å². The fourth-order valence-electron chi connectivity index (χ4n) is 1.38. The Bertz CT molecular complexity index is 584. The molecule has 6 nitrogen and oxygen atoms in total. The van der Waals surface area contributed by atoms with Gasteiger partial charge in [0.1, 0.15) is 0 Å². The van der Waals surface area contributed by atoms with Crippen LogP contribution in [0, 0.1) is 0 Å². The molecule has 0 atom stereocenters. The van der Waals surface area contributed by atoms with E-state index >= 15 is 0 Å². The maximum atomic E-state index is 6.17. The van der Waals surface area contributed by atoms with Crippen molar-refractivity contribution in [2.24, 2.45) is 21.7 Å². The normalized spacial score (nSPS) is 10.7. The lowest BCUT2D eigenvalue weighted by Gasteiger charge is -2.05. The van der Waals surface area contributed by atoms with E-state index in [-0.39, 0.29) is 5.96 Å². The molecule has 18 heavy (non-hydrogen) atoms. The smallest absolute Gasteiger partial charge is 0.211 e. The molecule has 2 rings (SSSR count). The monoisotopic (exact) mass is 262 g/mol. The zero-order valence-electron chi connectivity index (χ0n) is 9.36. The molecule has 92 valence electrons. The maximum absolute atomic E-state index is 6.17. The zero-order chi connectivity index (χ0) is 13.0. The number of benzene rings is 1. The molecule has 0 saturated carbocycles. The molecular formula is C11H11ClN6. The highest BCUT2D eigenvalue weighted by Crippen LogP contribution is 2.20. The minimum absolute atomic E-state index is 0.0904. The molecule has 1 heterocycles. The molecular weight excluding hydrogens is 252 g/mol. The third kappa shape index (κ3) is 2.86. The van der Waals surface area contributed by atoms with E-state index in [1.807, 2.05) is 22.9 Å². The van der Waals surface area contributed by atoms with Gasteiger partial charge in [0.25, 0.3) is 0 Å². The first-order valence-electron chi connectivity index (χ1n) is 5.06. The standard InChI is InChI=1S/C11H11ClN6/c12-9-5-8(6-16-17-11(13)14)1-2-10(9)18-4-3-15-7-18/h1-7H,(H4,13,14,17). The molecule has 0 unspecified atom stereocenters. The van der Waals surface area contributed by atoms with Gasteiger partial charge < -0.3 is 16.0 Å². The number of halogens is 1. The summed E-state index contributed by atoms with van der Waals surface area (Å²) in [7, 11) is 0. The summed E-state index contributed by atoms with van der Waals surface area (Å²) in [5.74, 6) is -0.0904. The summed E-state index contributed by atoms with van der Waals surface area (Å²) in [6.45, 7) is 0. The molecule has 2 aromatic rings. The van der Waals surface area contributed by atoms with E-state index in [9.17, 15) is 0 Å². The summed E-state index contributed by atoms with van der Waals surface area (Å²) >= 11 is 6.17. The molecule has 0 amide bonds. The molecule has 4 N–H and O–H groups in total. The van der Waals surface area contributed by atoms with Crippen LogP contribution in [0.3, 0.4) is 0 Å². The Balaban J connectivity index is 2.26. The van der Waals surface area contributed by atoms with Crippen molar-refractivity contribution < 1.29 is 0 Å². The number of imidazole rings is 1. The van der Waals surface area contributed by atoms with Crippen molar-refractivity contribution in [3.8, 4) is 5.69 Å². The number of nitrogens with two attached hydrogens (primary N) is 2. The van der Waals surface area contributed by atoms with E-state index in [1.165, 1.54) is 6.21 Å². The highest BCUT2D eigenvalue weighted by Gasteiger charge is 2.02. The Hall–Kier alpha value is -2.34. The molecule has 0 aliphatic heterocycles. The lowest BCUT2D eigenvalue weighted by atomic mass is 10.2. The van der Waals surface area contributed by atoms with Crippen LogP contribution in [0.2, 0.25) is 5.02 Å². The third-order valence-electron chi connectivity index (χ3n) is 2.13. The van der Waals surface area contributed by atoms with Gasteiger partial charge in [0.15, 0.2) is 0 Å². The second-order valence-electron chi connectivity index (χ2n) is 3.45. The summed E-state index contributed by atoms with van der Waals surface area (Å²) in [4.78, 5) is 3.96. The summed E-state index contributed by atoms with van der Waals surface area (Å²) in [5.41, 5.74) is 11.9. The van der Waals surface area contributed by atoms with Crippen LogP contribution in [0.15, 0.2) is 47.1 Å². The summed E-state index contributed by atoms with van der Waals surface area (Å²) in [6.07, 6.45) is 6.69. The van der Waals surface area contributed by atoms with Crippen LogP contribution in [0.1, 0.15) is 5.56 Å². The highest BCUT2D eigenvalue weighted by atomic mass is 35.5.